The molecule has 0 N–H and O–H groups in total. The van der Waals surface area contributed by atoms with E-state index in [0.717, 1.165) is 16.2 Å². The molecule has 0 unspecified atom stereocenters. The van der Waals surface area contributed by atoms with Gasteiger partial charge in [0.1, 0.15) is 24.0 Å². The van der Waals surface area contributed by atoms with Crippen molar-refractivity contribution in [2.24, 2.45) is 0 Å². The van der Waals surface area contributed by atoms with Crippen molar-refractivity contribution in [3.63, 3.8) is 0 Å². The van der Waals surface area contributed by atoms with Crippen LogP contribution in [-0.2, 0) is 11.3 Å². The second kappa shape index (κ2) is 7.99. The summed E-state index contributed by atoms with van der Waals surface area (Å²) >= 11 is 16.1. The molecule has 0 atom stereocenters. The van der Waals surface area contributed by atoms with Gasteiger partial charge in [0.15, 0.2) is 0 Å². The Kier molecular flexibility index (Phi) is 5.90. The van der Waals surface area contributed by atoms with Crippen molar-refractivity contribution >= 4 is 44.8 Å². The van der Waals surface area contributed by atoms with Gasteiger partial charge < -0.3 is 9.64 Å². The smallest absolute Gasteiger partial charge is 0.133 e. The van der Waals surface area contributed by atoms with Crippen molar-refractivity contribution in [3.05, 3.63) is 85.7 Å². The van der Waals surface area contributed by atoms with Crippen LogP contribution in [0, 0.1) is 11.6 Å². The number of halogens is 5. The third-order valence-electron chi connectivity index (χ3n) is 3.94. The van der Waals surface area contributed by atoms with Crippen LogP contribution in [0.4, 0.5) is 14.5 Å². The Morgan fingerprint density at radius 2 is 1.85 bits per heavy atom. The van der Waals surface area contributed by atoms with Gasteiger partial charge in [0.2, 0.25) is 0 Å². The molecule has 2 nitrogen and oxygen atoms in total. The second-order valence-electron chi connectivity index (χ2n) is 5.74. The Morgan fingerprint density at radius 1 is 1.15 bits per heavy atom. The highest BCUT2D eigenvalue weighted by Crippen LogP contribution is 2.39. The van der Waals surface area contributed by atoms with E-state index in [9.17, 15) is 8.78 Å². The molecular weight excluding hydrogens is 447 g/mol. The molecule has 1 heterocycles. The molecule has 0 fully saturated rings. The summed E-state index contributed by atoms with van der Waals surface area (Å²) in [6.07, 6.45) is 1.81. The summed E-state index contributed by atoms with van der Waals surface area (Å²) in [5.74, 6) is -0.680. The zero-order valence-electron chi connectivity index (χ0n) is 13.7. The quantitative estimate of drug-likeness (QED) is 0.496. The highest BCUT2D eigenvalue weighted by Gasteiger charge is 2.22. The zero-order valence-corrected chi connectivity index (χ0v) is 16.8. The van der Waals surface area contributed by atoms with Crippen LogP contribution in [-0.4, -0.2) is 6.54 Å². The van der Waals surface area contributed by atoms with E-state index in [0.29, 0.717) is 28.0 Å². The predicted molar refractivity (Wildman–Crippen MR) is 105 cm³/mol. The van der Waals surface area contributed by atoms with Crippen molar-refractivity contribution in [1.29, 1.82) is 0 Å². The molecule has 0 amide bonds. The van der Waals surface area contributed by atoms with Crippen LogP contribution in [0.5, 0.6) is 0 Å². The third kappa shape index (κ3) is 4.05. The Balaban J connectivity index is 1.79. The number of hydrogen-bond acceptors (Lipinski definition) is 2. The summed E-state index contributed by atoms with van der Waals surface area (Å²) in [5, 5.41) is 1.09. The van der Waals surface area contributed by atoms with E-state index in [1.54, 1.807) is 18.2 Å². The molecule has 0 radical (unpaired) electrons. The number of para-hydroxylation sites is 1. The number of rotatable bonds is 4. The average molecular weight is 461 g/mol. The van der Waals surface area contributed by atoms with Crippen LogP contribution >= 0.6 is 39.1 Å². The number of benzene rings is 2. The first-order chi connectivity index (χ1) is 12.4. The van der Waals surface area contributed by atoms with E-state index < -0.39 is 11.6 Å². The predicted octanol–water partition coefficient (Wildman–Crippen LogP) is 6.82. The van der Waals surface area contributed by atoms with Crippen molar-refractivity contribution in [2.45, 2.75) is 13.5 Å². The molecule has 26 heavy (non-hydrogen) atoms. The van der Waals surface area contributed by atoms with Crippen molar-refractivity contribution in [2.75, 3.05) is 11.4 Å². The van der Waals surface area contributed by atoms with E-state index in [4.69, 9.17) is 27.9 Å². The maximum Gasteiger partial charge on any atom is 0.133 e. The minimum Gasteiger partial charge on any atom is -0.488 e. The van der Waals surface area contributed by atoms with Gasteiger partial charge in [0.05, 0.1) is 26.8 Å². The van der Waals surface area contributed by atoms with Crippen LogP contribution < -0.4 is 4.90 Å². The van der Waals surface area contributed by atoms with Gasteiger partial charge in [-0.1, -0.05) is 29.3 Å². The lowest BCUT2D eigenvalue weighted by atomic mass is 10.2. The van der Waals surface area contributed by atoms with Crippen LogP contribution in [0.2, 0.25) is 10.0 Å². The van der Waals surface area contributed by atoms with Gasteiger partial charge in [0.25, 0.3) is 0 Å². The topological polar surface area (TPSA) is 12.5 Å². The van der Waals surface area contributed by atoms with Crippen LogP contribution in [0.15, 0.2) is 58.4 Å². The van der Waals surface area contributed by atoms with Crippen molar-refractivity contribution < 1.29 is 13.5 Å². The Labute approximate surface area is 168 Å². The van der Waals surface area contributed by atoms with Gasteiger partial charge >= 0.3 is 0 Å². The first kappa shape index (κ1) is 19.2. The minimum absolute atomic E-state index is 0.00677. The maximum absolute atomic E-state index is 13.7. The highest BCUT2D eigenvalue weighted by atomic mass is 79.9. The average Bonchev–Trinajstić information content (AvgIpc) is 2.57. The van der Waals surface area contributed by atoms with E-state index >= 15 is 0 Å². The summed E-state index contributed by atoms with van der Waals surface area (Å²) in [5.41, 5.74) is 1.87. The zero-order chi connectivity index (χ0) is 18.8. The minimum atomic E-state index is -0.636. The molecule has 2 aromatic carbocycles. The molecule has 7 heteroatoms. The standard InChI is InChI=1S/C19H14BrCl2F2NO/c1-11-7-18(26-10-12-5-6-13(23)8-17(12)24)14(20)9-25(11)19-15(21)3-2-4-16(19)22/h2-8H,9-10H2,1H3. The number of nitrogens with zero attached hydrogens (tertiary/aromatic N) is 1. The van der Waals surface area contributed by atoms with Crippen molar-refractivity contribution in [3.8, 4) is 0 Å². The van der Waals surface area contributed by atoms with Gasteiger partial charge in [-0.3, -0.25) is 0 Å². The monoisotopic (exact) mass is 459 g/mol. The summed E-state index contributed by atoms with van der Waals surface area (Å²) in [4.78, 5) is 1.96. The Hall–Kier alpha value is -1.56. The van der Waals surface area contributed by atoms with E-state index in [-0.39, 0.29) is 12.2 Å². The second-order valence-corrected chi connectivity index (χ2v) is 7.51. The van der Waals surface area contributed by atoms with Crippen LogP contribution in [0.1, 0.15) is 12.5 Å². The van der Waals surface area contributed by atoms with Crippen LogP contribution in [0.25, 0.3) is 0 Å². The molecule has 136 valence electrons. The number of hydrogen-bond donors (Lipinski definition) is 0. The van der Waals surface area contributed by atoms with E-state index in [2.05, 4.69) is 15.9 Å². The SMILES string of the molecule is CC1=CC(OCc2ccc(F)cc2F)=C(Br)CN1c1c(Cl)cccc1Cl. The van der Waals surface area contributed by atoms with Gasteiger partial charge in [-0.05, 0) is 47.1 Å². The fourth-order valence-electron chi connectivity index (χ4n) is 2.60. The number of allylic oxidation sites excluding steroid dienone is 2. The first-order valence-corrected chi connectivity index (χ1v) is 9.27. The summed E-state index contributed by atoms with van der Waals surface area (Å²) in [6, 6.07) is 8.75. The largest absolute Gasteiger partial charge is 0.488 e. The summed E-state index contributed by atoms with van der Waals surface area (Å²) in [6.45, 7) is 2.36. The van der Waals surface area contributed by atoms with Gasteiger partial charge in [-0.15, -0.1) is 0 Å². The van der Waals surface area contributed by atoms with Gasteiger partial charge in [0, 0.05) is 23.4 Å². The molecule has 2 aromatic rings. The lowest BCUT2D eigenvalue weighted by Crippen LogP contribution is -2.27. The number of anilines is 1. The fraction of sp³-hybridized carbons (Fsp3) is 0.158. The molecule has 3 rings (SSSR count). The molecule has 1 aliphatic rings. The lowest BCUT2D eigenvalue weighted by Gasteiger charge is -2.31. The molecule has 0 bridgehead atoms. The molecule has 0 aliphatic carbocycles. The summed E-state index contributed by atoms with van der Waals surface area (Å²) in [7, 11) is 0. The molecule has 1 aliphatic heterocycles. The fourth-order valence-corrected chi connectivity index (χ4v) is 3.69. The number of ether oxygens (including phenoxy) is 1. The molecular formula is C19H14BrCl2F2NO. The highest BCUT2D eigenvalue weighted by molar-refractivity contribution is 9.11. The van der Waals surface area contributed by atoms with Gasteiger partial charge in [-0.2, -0.15) is 0 Å². The first-order valence-electron chi connectivity index (χ1n) is 7.72. The van der Waals surface area contributed by atoms with E-state index in [1.165, 1.54) is 12.1 Å². The Morgan fingerprint density at radius 3 is 2.50 bits per heavy atom. The Bertz CT molecular complexity index is 894. The molecule has 0 aromatic heterocycles. The molecule has 0 saturated carbocycles. The van der Waals surface area contributed by atoms with E-state index in [1.807, 2.05) is 17.9 Å². The molecule has 0 spiro atoms. The van der Waals surface area contributed by atoms with Gasteiger partial charge in [-0.25, -0.2) is 8.78 Å². The van der Waals surface area contributed by atoms with Crippen LogP contribution in [0.3, 0.4) is 0 Å². The van der Waals surface area contributed by atoms with Crippen molar-refractivity contribution in [1.82, 2.24) is 0 Å². The summed E-state index contributed by atoms with van der Waals surface area (Å²) < 4.78 is 33.2. The normalized spacial score (nSPS) is 14.5. The lowest BCUT2D eigenvalue weighted by molar-refractivity contribution is 0.204. The third-order valence-corrected chi connectivity index (χ3v) is 5.19. The maximum atomic E-state index is 13.7. The molecule has 0 saturated heterocycles.